The number of hydrogen-bond acceptors (Lipinski definition) is 4. The van der Waals surface area contributed by atoms with E-state index in [0.717, 1.165) is 15.4 Å². The lowest BCUT2D eigenvalue weighted by molar-refractivity contribution is -0.133. The molecular weight excluding hydrogens is 386 g/mol. The second-order valence-electron chi connectivity index (χ2n) is 7.50. The highest BCUT2D eigenvalue weighted by Crippen LogP contribution is 2.30. The highest BCUT2D eigenvalue weighted by Gasteiger charge is 2.49. The third-order valence-corrected chi connectivity index (χ3v) is 5.81. The molecule has 0 unspecified atom stereocenters. The van der Waals surface area contributed by atoms with Crippen molar-refractivity contribution in [3.63, 3.8) is 0 Å². The summed E-state index contributed by atoms with van der Waals surface area (Å²) in [5.41, 5.74) is 1.28. The van der Waals surface area contributed by atoms with Gasteiger partial charge in [-0.2, -0.15) is 0 Å². The quantitative estimate of drug-likeness (QED) is 0.558. The van der Waals surface area contributed by atoms with Crippen LogP contribution in [0.15, 0.2) is 53.4 Å². The number of anilines is 1. The maximum atomic E-state index is 13.0. The van der Waals surface area contributed by atoms with E-state index >= 15 is 0 Å². The number of amides is 4. The summed E-state index contributed by atoms with van der Waals surface area (Å²) >= 11 is 1.56. The van der Waals surface area contributed by atoms with Crippen LogP contribution in [0, 0.1) is 0 Å². The van der Waals surface area contributed by atoms with Crippen LogP contribution in [0.5, 0.6) is 0 Å². The monoisotopic (exact) mass is 411 g/mol. The molecule has 0 bridgehead atoms. The molecule has 4 amide bonds. The molecule has 6 nitrogen and oxygen atoms in total. The first-order chi connectivity index (χ1) is 13.7. The van der Waals surface area contributed by atoms with E-state index in [9.17, 15) is 14.4 Å². The minimum atomic E-state index is -1.19. The summed E-state index contributed by atoms with van der Waals surface area (Å²) in [4.78, 5) is 39.9. The van der Waals surface area contributed by atoms with Gasteiger partial charge in [-0.05, 0) is 48.4 Å². The molecule has 2 N–H and O–H groups in total. The van der Waals surface area contributed by atoms with Gasteiger partial charge in [0.2, 0.25) is 5.91 Å². The molecule has 1 saturated heterocycles. The molecule has 7 heteroatoms. The van der Waals surface area contributed by atoms with Crippen molar-refractivity contribution < 1.29 is 14.4 Å². The van der Waals surface area contributed by atoms with E-state index in [4.69, 9.17) is 0 Å². The Morgan fingerprint density at radius 1 is 1.17 bits per heavy atom. The first-order valence-corrected chi connectivity index (χ1v) is 10.7. The van der Waals surface area contributed by atoms with Crippen LogP contribution in [0.1, 0.15) is 37.8 Å². The topological polar surface area (TPSA) is 78.5 Å². The van der Waals surface area contributed by atoms with Crippen molar-refractivity contribution >= 4 is 35.3 Å². The number of thioether (sulfide) groups is 1. The van der Waals surface area contributed by atoms with Crippen LogP contribution in [0.2, 0.25) is 0 Å². The fourth-order valence-corrected chi connectivity index (χ4v) is 3.74. The van der Waals surface area contributed by atoms with Crippen molar-refractivity contribution in [2.24, 2.45) is 0 Å². The Bertz CT molecular complexity index is 943. The van der Waals surface area contributed by atoms with Crippen molar-refractivity contribution in [2.75, 3.05) is 18.1 Å². The maximum absolute atomic E-state index is 13.0. The van der Waals surface area contributed by atoms with Gasteiger partial charge < -0.3 is 10.6 Å². The van der Waals surface area contributed by atoms with E-state index < -0.39 is 23.4 Å². The molecule has 1 fully saturated rings. The molecule has 1 aliphatic rings. The van der Waals surface area contributed by atoms with Crippen LogP contribution < -0.4 is 10.6 Å². The zero-order chi connectivity index (χ0) is 21.2. The Morgan fingerprint density at radius 2 is 1.86 bits per heavy atom. The molecule has 3 rings (SSSR count). The summed E-state index contributed by atoms with van der Waals surface area (Å²) in [6, 6.07) is 14.4. The van der Waals surface area contributed by atoms with E-state index in [1.54, 1.807) is 24.8 Å². The summed E-state index contributed by atoms with van der Waals surface area (Å²) in [7, 11) is 0. The number of nitrogens with zero attached hydrogens (tertiary/aromatic N) is 1. The third-order valence-electron chi connectivity index (χ3n) is 5.08. The summed E-state index contributed by atoms with van der Waals surface area (Å²) in [5.74, 6) is -0.491. The molecule has 0 saturated carbocycles. The van der Waals surface area contributed by atoms with Gasteiger partial charge in [0.15, 0.2) is 0 Å². The molecule has 1 aliphatic heterocycles. The lowest BCUT2D eigenvalue weighted by Gasteiger charge is -2.22. The Balaban J connectivity index is 1.73. The fraction of sp³-hybridized carbons (Fsp3) is 0.318. The molecule has 0 radical (unpaired) electrons. The van der Waals surface area contributed by atoms with Gasteiger partial charge in [-0.15, -0.1) is 11.8 Å². The third kappa shape index (κ3) is 4.29. The van der Waals surface area contributed by atoms with Gasteiger partial charge in [0, 0.05) is 10.6 Å². The standard InChI is InChI=1S/C22H25N3O3S/c1-14(2)15-8-10-16(11-9-15)22(3)20(27)25(21(28)24-22)13-19(26)23-17-6-5-7-18(12-17)29-4/h5-12,14H,13H2,1-4H3,(H,23,26)(H,24,28)/t22-/m0/s1. The van der Waals surface area contributed by atoms with E-state index in [1.807, 2.05) is 48.7 Å². The van der Waals surface area contributed by atoms with Gasteiger partial charge in [-0.25, -0.2) is 4.79 Å². The van der Waals surface area contributed by atoms with Crippen molar-refractivity contribution in [3.05, 3.63) is 59.7 Å². The maximum Gasteiger partial charge on any atom is 0.325 e. The van der Waals surface area contributed by atoms with Gasteiger partial charge in [0.05, 0.1) is 0 Å². The summed E-state index contributed by atoms with van der Waals surface area (Å²) < 4.78 is 0. The minimum Gasteiger partial charge on any atom is -0.324 e. The number of hydrogen-bond donors (Lipinski definition) is 2. The minimum absolute atomic E-state index is 0.339. The summed E-state index contributed by atoms with van der Waals surface area (Å²) in [5, 5.41) is 5.48. The lowest BCUT2D eigenvalue weighted by Crippen LogP contribution is -2.42. The largest absolute Gasteiger partial charge is 0.325 e. The zero-order valence-corrected chi connectivity index (χ0v) is 17.8. The predicted molar refractivity (Wildman–Crippen MR) is 115 cm³/mol. The predicted octanol–water partition coefficient (Wildman–Crippen LogP) is 3.94. The highest BCUT2D eigenvalue weighted by molar-refractivity contribution is 7.98. The lowest BCUT2D eigenvalue weighted by atomic mass is 9.90. The van der Waals surface area contributed by atoms with Crippen molar-refractivity contribution in [2.45, 2.75) is 37.1 Å². The Morgan fingerprint density at radius 3 is 2.48 bits per heavy atom. The second-order valence-corrected chi connectivity index (χ2v) is 8.38. The highest BCUT2D eigenvalue weighted by atomic mass is 32.2. The first-order valence-electron chi connectivity index (χ1n) is 9.43. The second kappa shape index (κ2) is 8.29. The Hall–Kier alpha value is -2.80. The molecule has 1 heterocycles. The number of imide groups is 1. The van der Waals surface area contributed by atoms with Gasteiger partial charge in [0.25, 0.3) is 5.91 Å². The molecule has 1 atom stereocenters. The molecule has 0 aromatic heterocycles. The average molecular weight is 412 g/mol. The van der Waals surface area contributed by atoms with Gasteiger partial charge in [-0.1, -0.05) is 44.2 Å². The number of nitrogens with one attached hydrogen (secondary N) is 2. The summed E-state index contributed by atoms with van der Waals surface area (Å²) in [6.45, 7) is 5.51. The van der Waals surface area contributed by atoms with Gasteiger partial charge in [0.1, 0.15) is 12.1 Å². The van der Waals surface area contributed by atoms with Crippen LogP contribution in [-0.2, 0) is 15.1 Å². The molecule has 2 aromatic carbocycles. The first kappa shape index (κ1) is 20.9. The van der Waals surface area contributed by atoms with Crippen molar-refractivity contribution in [3.8, 4) is 0 Å². The average Bonchev–Trinajstić information content (AvgIpc) is 2.92. The van der Waals surface area contributed by atoms with E-state index in [2.05, 4.69) is 24.5 Å². The van der Waals surface area contributed by atoms with Crippen LogP contribution in [-0.4, -0.2) is 35.5 Å². The van der Waals surface area contributed by atoms with Crippen LogP contribution in [0.4, 0.5) is 10.5 Å². The number of urea groups is 1. The summed E-state index contributed by atoms with van der Waals surface area (Å²) in [6.07, 6.45) is 1.95. The molecule has 0 spiro atoms. The Labute approximate surface area is 175 Å². The molecular formula is C22H25N3O3S. The smallest absolute Gasteiger partial charge is 0.324 e. The number of carbonyl (C=O) groups is 3. The van der Waals surface area contributed by atoms with Crippen LogP contribution in [0.25, 0.3) is 0 Å². The zero-order valence-electron chi connectivity index (χ0n) is 17.0. The van der Waals surface area contributed by atoms with Gasteiger partial charge >= 0.3 is 6.03 Å². The molecule has 29 heavy (non-hydrogen) atoms. The van der Waals surface area contributed by atoms with E-state index in [0.29, 0.717) is 17.2 Å². The van der Waals surface area contributed by atoms with Crippen molar-refractivity contribution in [1.82, 2.24) is 10.2 Å². The van der Waals surface area contributed by atoms with Crippen LogP contribution in [0.3, 0.4) is 0 Å². The fourth-order valence-electron chi connectivity index (χ4n) is 3.28. The van der Waals surface area contributed by atoms with Crippen molar-refractivity contribution in [1.29, 1.82) is 0 Å². The molecule has 152 valence electrons. The number of rotatable bonds is 6. The normalized spacial score (nSPS) is 18.9. The number of benzene rings is 2. The SMILES string of the molecule is CSc1cccc(NC(=O)CN2C(=O)N[C@@](C)(c3ccc(C(C)C)cc3)C2=O)c1. The molecule has 2 aromatic rings. The Kier molecular flexibility index (Phi) is 5.98. The van der Waals surface area contributed by atoms with E-state index in [1.165, 1.54) is 0 Å². The molecule has 0 aliphatic carbocycles. The van der Waals surface area contributed by atoms with Gasteiger partial charge in [-0.3, -0.25) is 14.5 Å². The van der Waals surface area contributed by atoms with Crippen LogP contribution >= 0.6 is 11.8 Å². The number of carbonyl (C=O) groups excluding carboxylic acids is 3. The van der Waals surface area contributed by atoms with E-state index in [-0.39, 0.29) is 6.54 Å².